The third-order valence-corrected chi connectivity index (χ3v) is 8.19. The van der Waals surface area contributed by atoms with E-state index in [0.29, 0.717) is 36.4 Å². The number of hydrogen-bond donors (Lipinski definition) is 1. The fourth-order valence-electron chi connectivity index (χ4n) is 5.00. The van der Waals surface area contributed by atoms with Gasteiger partial charge in [-0.05, 0) is 53.7 Å². The Kier molecular flexibility index (Phi) is 7.89. The van der Waals surface area contributed by atoms with E-state index in [9.17, 15) is 19.5 Å². The molecule has 0 atom stereocenters. The quantitative estimate of drug-likeness (QED) is 0.309. The summed E-state index contributed by atoms with van der Waals surface area (Å²) in [5.74, 6) is -1.17. The summed E-state index contributed by atoms with van der Waals surface area (Å²) < 4.78 is 7.32. The summed E-state index contributed by atoms with van der Waals surface area (Å²) >= 11 is 1.29. The zero-order chi connectivity index (χ0) is 29.1. The fourth-order valence-corrected chi connectivity index (χ4v) is 5.99. The topological polar surface area (TPSA) is 104 Å². The molecule has 2 saturated heterocycles. The van der Waals surface area contributed by atoms with Crippen LogP contribution in [-0.2, 0) is 27.4 Å². The highest BCUT2D eigenvalue weighted by molar-refractivity contribution is 8.18. The van der Waals surface area contributed by atoms with E-state index in [2.05, 4.69) is 0 Å². The molecular formula is C32H28N4O5S. The van der Waals surface area contributed by atoms with Gasteiger partial charge in [0.15, 0.2) is 5.17 Å². The highest BCUT2D eigenvalue weighted by Gasteiger charge is 2.34. The minimum absolute atomic E-state index is 0.0296. The Balaban J connectivity index is 1.33. The lowest BCUT2D eigenvalue weighted by molar-refractivity contribution is -0.135. The van der Waals surface area contributed by atoms with Crippen LogP contribution in [-0.4, -0.2) is 68.7 Å². The Morgan fingerprint density at radius 3 is 2.40 bits per heavy atom. The molecule has 212 valence electrons. The monoisotopic (exact) mass is 580 g/mol. The molecule has 0 saturated carbocycles. The molecule has 2 aliphatic heterocycles. The molecule has 0 aliphatic carbocycles. The molecule has 3 aromatic carbocycles. The van der Waals surface area contributed by atoms with Crippen molar-refractivity contribution in [3.8, 4) is 0 Å². The number of carbonyl (C=O) groups excluding carboxylic acids is 2. The molecule has 6 rings (SSSR count). The SMILES string of the molecule is O=C(O)c1ccc(CN2C(=O)/C(=C/c3cn(CC(=O)N4CCOCC4)c4ccccc34)SC2=Nc2ccccc2)cc1. The molecule has 0 unspecified atom stereocenters. The van der Waals surface area contributed by atoms with Crippen LogP contribution in [0.4, 0.5) is 5.69 Å². The number of amides is 2. The van der Waals surface area contributed by atoms with Gasteiger partial charge in [-0.2, -0.15) is 0 Å². The highest BCUT2D eigenvalue weighted by Crippen LogP contribution is 2.36. The Hall–Kier alpha value is -4.67. The summed E-state index contributed by atoms with van der Waals surface area (Å²) in [7, 11) is 0. The molecule has 1 N–H and O–H groups in total. The number of carboxylic acid groups (broad SMARTS) is 1. The van der Waals surface area contributed by atoms with Crippen molar-refractivity contribution in [2.75, 3.05) is 26.3 Å². The van der Waals surface area contributed by atoms with Crippen LogP contribution in [0.2, 0.25) is 0 Å². The van der Waals surface area contributed by atoms with E-state index in [4.69, 9.17) is 9.73 Å². The van der Waals surface area contributed by atoms with Gasteiger partial charge < -0.3 is 19.3 Å². The van der Waals surface area contributed by atoms with Gasteiger partial charge in [-0.15, -0.1) is 0 Å². The number of aliphatic imine (C=N–C) groups is 1. The van der Waals surface area contributed by atoms with Gasteiger partial charge in [-0.3, -0.25) is 14.5 Å². The zero-order valence-corrected chi connectivity index (χ0v) is 23.5. The van der Waals surface area contributed by atoms with E-state index in [1.54, 1.807) is 17.0 Å². The van der Waals surface area contributed by atoms with Crippen molar-refractivity contribution in [2.24, 2.45) is 4.99 Å². The number of thioether (sulfide) groups is 1. The number of morpholine rings is 1. The number of nitrogens with zero attached hydrogens (tertiary/aromatic N) is 4. The number of ether oxygens (including phenoxy) is 1. The van der Waals surface area contributed by atoms with Crippen molar-refractivity contribution < 1.29 is 24.2 Å². The Bertz CT molecular complexity index is 1710. The number of fused-ring (bicyclic) bond motifs is 1. The van der Waals surface area contributed by atoms with Gasteiger partial charge >= 0.3 is 5.97 Å². The number of aromatic nitrogens is 1. The third kappa shape index (κ3) is 5.86. The molecule has 2 aliphatic rings. The van der Waals surface area contributed by atoms with Gasteiger partial charge in [0.1, 0.15) is 6.54 Å². The lowest BCUT2D eigenvalue weighted by atomic mass is 10.1. The van der Waals surface area contributed by atoms with Crippen LogP contribution in [0.25, 0.3) is 17.0 Å². The smallest absolute Gasteiger partial charge is 0.335 e. The van der Waals surface area contributed by atoms with E-state index in [1.165, 1.54) is 23.9 Å². The van der Waals surface area contributed by atoms with Gasteiger partial charge in [-0.25, -0.2) is 9.79 Å². The number of para-hydroxylation sites is 2. The van der Waals surface area contributed by atoms with Crippen LogP contribution in [0.15, 0.2) is 95.0 Å². The molecule has 1 aromatic heterocycles. The fraction of sp³-hybridized carbons (Fsp3) is 0.188. The highest BCUT2D eigenvalue weighted by atomic mass is 32.2. The summed E-state index contributed by atoms with van der Waals surface area (Å²) in [5, 5.41) is 10.7. The number of amidine groups is 1. The van der Waals surface area contributed by atoms with Crippen molar-refractivity contribution >= 4 is 57.4 Å². The van der Waals surface area contributed by atoms with Crippen molar-refractivity contribution in [1.82, 2.24) is 14.4 Å². The first-order chi connectivity index (χ1) is 20.5. The Morgan fingerprint density at radius 2 is 1.67 bits per heavy atom. The molecule has 4 aromatic rings. The normalized spacial score (nSPS) is 17.5. The zero-order valence-electron chi connectivity index (χ0n) is 22.7. The predicted molar refractivity (Wildman–Crippen MR) is 162 cm³/mol. The first kappa shape index (κ1) is 27.5. The summed E-state index contributed by atoms with van der Waals surface area (Å²) in [6.45, 7) is 2.69. The minimum atomic E-state index is -1.00. The number of hydrogen-bond acceptors (Lipinski definition) is 6. The number of carbonyl (C=O) groups is 3. The second-order valence-corrected chi connectivity index (χ2v) is 11.0. The van der Waals surface area contributed by atoms with Gasteiger partial charge in [-0.1, -0.05) is 48.5 Å². The number of rotatable bonds is 7. The van der Waals surface area contributed by atoms with Crippen LogP contribution in [0.1, 0.15) is 21.5 Å². The van der Waals surface area contributed by atoms with Crippen molar-refractivity contribution in [2.45, 2.75) is 13.1 Å². The third-order valence-electron chi connectivity index (χ3n) is 7.19. The van der Waals surface area contributed by atoms with E-state index in [-0.39, 0.29) is 30.5 Å². The number of aromatic carboxylic acids is 1. The van der Waals surface area contributed by atoms with Gasteiger partial charge in [0, 0.05) is 35.8 Å². The lowest BCUT2D eigenvalue weighted by Crippen LogP contribution is -2.42. The first-order valence-corrected chi connectivity index (χ1v) is 14.4. The minimum Gasteiger partial charge on any atom is -0.478 e. The van der Waals surface area contributed by atoms with Crippen LogP contribution >= 0.6 is 11.8 Å². The van der Waals surface area contributed by atoms with E-state index >= 15 is 0 Å². The summed E-state index contributed by atoms with van der Waals surface area (Å²) in [6.07, 6.45) is 3.78. The van der Waals surface area contributed by atoms with Crippen molar-refractivity contribution in [3.63, 3.8) is 0 Å². The van der Waals surface area contributed by atoms with Gasteiger partial charge in [0.25, 0.3) is 5.91 Å². The number of carboxylic acids is 1. The maximum Gasteiger partial charge on any atom is 0.335 e. The Morgan fingerprint density at radius 1 is 0.952 bits per heavy atom. The summed E-state index contributed by atoms with van der Waals surface area (Å²) in [4.78, 5) is 46.8. The molecule has 3 heterocycles. The molecule has 0 bridgehead atoms. The molecule has 9 nitrogen and oxygen atoms in total. The van der Waals surface area contributed by atoms with Gasteiger partial charge in [0.2, 0.25) is 5.91 Å². The van der Waals surface area contributed by atoms with Gasteiger partial charge in [0.05, 0.1) is 35.9 Å². The van der Waals surface area contributed by atoms with Crippen molar-refractivity contribution in [1.29, 1.82) is 0 Å². The average Bonchev–Trinajstić information content (AvgIpc) is 3.50. The Labute approximate surface area is 246 Å². The largest absolute Gasteiger partial charge is 0.478 e. The van der Waals surface area contributed by atoms with Crippen LogP contribution < -0.4 is 0 Å². The molecule has 2 fully saturated rings. The number of benzene rings is 3. The predicted octanol–water partition coefficient (Wildman–Crippen LogP) is 5.00. The average molecular weight is 581 g/mol. The van der Waals surface area contributed by atoms with E-state index in [1.807, 2.05) is 76.3 Å². The van der Waals surface area contributed by atoms with Crippen LogP contribution in [0.5, 0.6) is 0 Å². The summed E-state index contributed by atoms with van der Waals surface area (Å²) in [6, 6.07) is 23.8. The maximum absolute atomic E-state index is 13.8. The first-order valence-electron chi connectivity index (χ1n) is 13.6. The second kappa shape index (κ2) is 12.1. The standard InChI is InChI=1S/C32H28N4O5S/c37-29(34-14-16-41-17-15-34)21-35-20-24(26-8-4-5-9-27(26)35)18-28-30(38)36(19-22-10-12-23(13-11-22)31(39)40)32(42-28)33-25-6-2-1-3-7-25/h1-13,18,20H,14-17,19,21H2,(H,39,40)/b28-18-,33-32?. The summed E-state index contributed by atoms with van der Waals surface area (Å²) in [5.41, 5.74) is 3.44. The molecule has 0 radical (unpaired) electrons. The molecule has 0 spiro atoms. The second-order valence-electron chi connectivity index (χ2n) is 9.96. The molecule has 42 heavy (non-hydrogen) atoms. The maximum atomic E-state index is 13.8. The van der Waals surface area contributed by atoms with E-state index in [0.717, 1.165) is 27.7 Å². The van der Waals surface area contributed by atoms with Crippen LogP contribution in [0, 0.1) is 0 Å². The molecule has 10 heteroatoms. The van der Waals surface area contributed by atoms with Crippen LogP contribution in [0.3, 0.4) is 0 Å². The lowest BCUT2D eigenvalue weighted by Gasteiger charge is -2.27. The van der Waals surface area contributed by atoms with E-state index < -0.39 is 5.97 Å². The molecule has 2 amide bonds. The molecular weight excluding hydrogens is 552 g/mol. The van der Waals surface area contributed by atoms with Crippen molar-refractivity contribution in [3.05, 3.63) is 107 Å².